The van der Waals surface area contributed by atoms with Crippen LogP contribution in [0.5, 0.6) is 0 Å². The Kier molecular flexibility index (Phi) is 2.88. The average molecular weight is 280 g/mol. The average Bonchev–Trinajstić information content (AvgIpc) is 3.06. The molecule has 1 aliphatic heterocycles. The highest BCUT2D eigenvalue weighted by atomic mass is 16.2. The molecule has 1 fully saturated rings. The Labute approximate surface area is 125 Å². The van der Waals surface area contributed by atoms with Crippen molar-refractivity contribution in [3.8, 4) is 0 Å². The third-order valence-electron chi connectivity index (χ3n) is 4.86. The van der Waals surface area contributed by atoms with Crippen molar-refractivity contribution in [2.24, 2.45) is 11.8 Å². The molecule has 0 spiro atoms. The maximum Gasteiger partial charge on any atom is 0.226 e. The van der Waals surface area contributed by atoms with E-state index in [9.17, 15) is 4.79 Å². The number of carbonyl (C=O) groups excluding carboxylic acids is 1. The van der Waals surface area contributed by atoms with Gasteiger partial charge in [-0.3, -0.25) is 4.79 Å². The van der Waals surface area contributed by atoms with Crippen molar-refractivity contribution in [2.45, 2.75) is 25.9 Å². The lowest BCUT2D eigenvalue weighted by Crippen LogP contribution is -2.43. The minimum absolute atomic E-state index is 0.0650. The first-order valence-corrected chi connectivity index (χ1v) is 7.76. The summed E-state index contributed by atoms with van der Waals surface area (Å²) in [5, 5.41) is 0. The molecular formula is C18H20N2O. The van der Waals surface area contributed by atoms with E-state index in [1.54, 1.807) is 0 Å². The van der Waals surface area contributed by atoms with Crippen molar-refractivity contribution in [2.75, 3.05) is 6.54 Å². The summed E-state index contributed by atoms with van der Waals surface area (Å²) in [4.78, 5) is 14.9. The summed E-state index contributed by atoms with van der Waals surface area (Å²) in [7, 11) is 0. The molecule has 2 heterocycles. The third kappa shape index (κ3) is 2.08. The number of carbonyl (C=O) groups is 1. The van der Waals surface area contributed by atoms with Gasteiger partial charge in [0.25, 0.3) is 0 Å². The fourth-order valence-electron chi connectivity index (χ4n) is 3.49. The zero-order valence-corrected chi connectivity index (χ0v) is 12.3. The van der Waals surface area contributed by atoms with Crippen LogP contribution >= 0.6 is 0 Å². The van der Waals surface area contributed by atoms with Crippen molar-refractivity contribution >= 4 is 5.91 Å². The van der Waals surface area contributed by atoms with Crippen molar-refractivity contribution in [1.82, 2.24) is 9.47 Å². The predicted molar refractivity (Wildman–Crippen MR) is 81.7 cm³/mol. The number of benzene rings is 1. The number of aromatic nitrogens is 1. The molecule has 108 valence electrons. The molecule has 1 aromatic heterocycles. The maximum atomic E-state index is 12.8. The van der Waals surface area contributed by atoms with Gasteiger partial charge < -0.3 is 9.47 Å². The van der Waals surface area contributed by atoms with Gasteiger partial charge in [-0.25, -0.2) is 0 Å². The van der Waals surface area contributed by atoms with Gasteiger partial charge in [0.15, 0.2) is 0 Å². The molecule has 3 heteroatoms. The lowest BCUT2D eigenvalue weighted by Gasteiger charge is -2.37. The summed E-state index contributed by atoms with van der Waals surface area (Å²) < 4.78 is 2.28. The molecular weight excluding hydrogens is 260 g/mol. The fourth-order valence-corrected chi connectivity index (χ4v) is 3.49. The number of rotatable bonds is 2. The van der Waals surface area contributed by atoms with Crippen LogP contribution in [0.3, 0.4) is 0 Å². The summed E-state index contributed by atoms with van der Waals surface area (Å²) in [6.45, 7) is 3.88. The van der Waals surface area contributed by atoms with E-state index in [4.69, 9.17) is 0 Å². The van der Waals surface area contributed by atoms with Crippen LogP contribution in [-0.2, 0) is 11.3 Å². The summed E-state index contributed by atoms with van der Waals surface area (Å²) in [6.07, 6.45) is 3.17. The minimum Gasteiger partial charge on any atom is -0.348 e. The highest BCUT2D eigenvalue weighted by molar-refractivity contribution is 5.82. The molecule has 2 aliphatic rings. The smallest absolute Gasteiger partial charge is 0.226 e. The lowest BCUT2D eigenvalue weighted by molar-refractivity contribution is -0.135. The minimum atomic E-state index is 0.0650. The van der Waals surface area contributed by atoms with Gasteiger partial charge in [0, 0.05) is 30.9 Å². The van der Waals surface area contributed by atoms with Crippen LogP contribution in [-0.4, -0.2) is 21.9 Å². The van der Waals surface area contributed by atoms with Crippen molar-refractivity contribution in [3.63, 3.8) is 0 Å². The van der Waals surface area contributed by atoms with E-state index in [-0.39, 0.29) is 12.0 Å². The Morgan fingerprint density at radius 2 is 1.86 bits per heavy atom. The molecule has 3 atom stereocenters. The fraction of sp³-hybridized carbons (Fsp3) is 0.389. The van der Waals surface area contributed by atoms with E-state index in [1.807, 2.05) is 6.07 Å². The quantitative estimate of drug-likeness (QED) is 0.830. The molecule has 3 nitrogen and oxygen atoms in total. The van der Waals surface area contributed by atoms with Gasteiger partial charge in [0.1, 0.15) is 0 Å². The standard InChI is InChI=1S/C18H20N2O/c1-13-12-15(13)18(21)20-11-10-19-9-5-8-16(19)17(20)14-6-3-2-4-7-14/h2-9,13,15,17H,10-12H2,1H3. The zero-order chi connectivity index (χ0) is 14.4. The van der Waals surface area contributed by atoms with Gasteiger partial charge in [-0.05, 0) is 30.0 Å². The Balaban J connectivity index is 1.75. The van der Waals surface area contributed by atoms with Crippen LogP contribution in [0.15, 0.2) is 48.7 Å². The van der Waals surface area contributed by atoms with Crippen LogP contribution in [0.25, 0.3) is 0 Å². The van der Waals surface area contributed by atoms with Crippen LogP contribution in [0.4, 0.5) is 0 Å². The predicted octanol–water partition coefficient (Wildman–Crippen LogP) is 3.08. The van der Waals surface area contributed by atoms with Crippen LogP contribution in [0.1, 0.15) is 30.6 Å². The molecule has 4 rings (SSSR count). The van der Waals surface area contributed by atoms with Gasteiger partial charge in [0.2, 0.25) is 5.91 Å². The number of nitrogens with zero attached hydrogens (tertiary/aromatic N) is 2. The van der Waals surface area contributed by atoms with E-state index >= 15 is 0 Å². The Hall–Kier alpha value is -2.03. The first kappa shape index (κ1) is 12.7. The van der Waals surface area contributed by atoms with Crippen LogP contribution < -0.4 is 0 Å². The number of amides is 1. The van der Waals surface area contributed by atoms with E-state index in [0.717, 1.165) is 19.5 Å². The summed E-state index contributed by atoms with van der Waals surface area (Å²) in [6, 6.07) is 14.7. The van der Waals surface area contributed by atoms with Crippen molar-refractivity contribution in [3.05, 3.63) is 59.9 Å². The summed E-state index contributed by atoms with van der Waals surface area (Å²) >= 11 is 0. The van der Waals surface area contributed by atoms with Crippen molar-refractivity contribution in [1.29, 1.82) is 0 Å². The summed E-state index contributed by atoms with van der Waals surface area (Å²) in [5.74, 6) is 1.14. The molecule has 21 heavy (non-hydrogen) atoms. The molecule has 1 saturated carbocycles. The molecule has 1 aliphatic carbocycles. The molecule has 0 saturated heterocycles. The second-order valence-corrected chi connectivity index (χ2v) is 6.29. The molecule has 0 N–H and O–H groups in total. The monoisotopic (exact) mass is 280 g/mol. The molecule has 0 bridgehead atoms. The van der Waals surface area contributed by atoms with Crippen LogP contribution in [0, 0.1) is 11.8 Å². The number of hydrogen-bond donors (Lipinski definition) is 0. The summed E-state index contributed by atoms with van der Waals surface area (Å²) in [5.41, 5.74) is 2.44. The third-order valence-corrected chi connectivity index (χ3v) is 4.86. The first-order valence-electron chi connectivity index (χ1n) is 7.76. The Morgan fingerprint density at radius 1 is 1.10 bits per heavy atom. The zero-order valence-electron chi connectivity index (χ0n) is 12.3. The van der Waals surface area contributed by atoms with Gasteiger partial charge >= 0.3 is 0 Å². The number of hydrogen-bond acceptors (Lipinski definition) is 1. The molecule has 2 aromatic rings. The van der Waals surface area contributed by atoms with Gasteiger partial charge in [-0.2, -0.15) is 0 Å². The van der Waals surface area contributed by atoms with E-state index in [2.05, 4.69) is 59.0 Å². The Morgan fingerprint density at radius 3 is 2.57 bits per heavy atom. The van der Waals surface area contributed by atoms with Crippen molar-refractivity contribution < 1.29 is 4.79 Å². The normalized spacial score (nSPS) is 27.3. The topological polar surface area (TPSA) is 25.2 Å². The first-order chi connectivity index (χ1) is 10.3. The van der Waals surface area contributed by atoms with E-state index in [1.165, 1.54) is 11.3 Å². The Bertz CT molecular complexity index is 661. The van der Waals surface area contributed by atoms with E-state index < -0.39 is 0 Å². The second-order valence-electron chi connectivity index (χ2n) is 6.29. The van der Waals surface area contributed by atoms with Gasteiger partial charge in [-0.15, -0.1) is 0 Å². The highest BCUT2D eigenvalue weighted by Gasteiger charge is 2.44. The number of fused-ring (bicyclic) bond motifs is 1. The van der Waals surface area contributed by atoms with E-state index in [0.29, 0.717) is 11.8 Å². The second kappa shape index (κ2) is 4.76. The largest absolute Gasteiger partial charge is 0.348 e. The SMILES string of the molecule is CC1CC1C(=O)N1CCn2cccc2C1c1ccccc1. The van der Waals surface area contributed by atoms with Crippen LogP contribution in [0.2, 0.25) is 0 Å². The molecule has 1 amide bonds. The molecule has 3 unspecified atom stereocenters. The van der Waals surface area contributed by atoms with Gasteiger partial charge in [-0.1, -0.05) is 37.3 Å². The molecule has 0 radical (unpaired) electrons. The van der Waals surface area contributed by atoms with Gasteiger partial charge in [0.05, 0.1) is 6.04 Å². The highest BCUT2D eigenvalue weighted by Crippen LogP contribution is 2.42. The lowest BCUT2D eigenvalue weighted by atomic mass is 9.99. The molecule has 1 aromatic carbocycles. The maximum absolute atomic E-state index is 12.8.